The molecular weight excluding hydrogens is 418 g/mol. The second kappa shape index (κ2) is 8.65. The molecule has 4 rings (SSSR count). The van der Waals surface area contributed by atoms with Crippen LogP contribution in [-0.2, 0) is 16.4 Å². The summed E-state index contributed by atoms with van der Waals surface area (Å²) in [6, 6.07) is 13.3. The summed E-state index contributed by atoms with van der Waals surface area (Å²) in [7, 11) is -3.91. The molecule has 1 amide bonds. The van der Waals surface area contributed by atoms with Crippen LogP contribution in [-0.4, -0.2) is 32.5 Å². The van der Waals surface area contributed by atoms with E-state index in [0.29, 0.717) is 30.4 Å². The van der Waals surface area contributed by atoms with Crippen LogP contribution in [0.25, 0.3) is 0 Å². The zero-order valence-corrected chi connectivity index (χ0v) is 17.6. The number of fused-ring (bicyclic) bond motifs is 1. The minimum atomic E-state index is -3.91. The molecule has 0 saturated heterocycles. The van der Waals surface area contributed by atoms with Gasteiger partial charge in [-0.3, -0.25) is 14.5 Å². The average molecular weight is 439 g/mol. The molecule has 1 aliphatic rings. The molecule has 8 nitrogen and oxygen atoms in total. The summed E-state index contributed by atoms with van der Waals surface area (Å²) in [5, 5.41) is 2.78. The highest BCUT2D eigenvalue weighted by molar-refractivity contribution is 7.92. The summed E-state index contributed by atoms with van der Waals surface area (Å²) >= 11 is 0. The van der Waals surface area contributed by atoms with Crippen molar-refractivity contribution in [3.63, 3.8) is 0 Å². The highest BCUT2D eigenvalue weighted by atomic mass is 32.2. The van der Waals surface area contributed by atoms with E-state index in [9.17, 15) is 13.2 Å². The number of anilines is 2. The van der Waals surface area contributed by atoms with Crippen molar-refractivity contribution in [1.82, 2.24) is 4.98 Å². The van der Waals surface area contributed by atoms with E-state index in [-0.39, 0.29) is 16.1 Å². The van der Waals surface area contributed by atoms with E-state index in [0.717, 1.165) is 12.0 Å². The van der Waals surface area contributed by atoms with Gasteiger partial charge in [-0.1, -0.05) is 19.1 Å². The molecule has 9 heteroatoms. The molecule has 0 radical (unpaired) electrons. The minimum absolute atomic E-state index is 0.0163. The normalized spacial score (nSPS) is 12.8. The monoisotopic (exact) mass is 439 g/mol. The smallest absolute Gasteiger partial charge is 0.262 e. The maximum Gasteiger partial charge on any atom is 0.262 e. The third kappa shape index (κ3) is 4.77. The lowest BCUT2D eigenvalue weighted by molar-refractivity contribution is 0.102. The van der Waals surface area contributed by atoms with Crippen LogP contribution in [0.15, 0.2) is 65.8 Å². The van der Waals surface area contributed by atoms with Crippen LogP contribution < -0.4 is 19.5 Å². The number of nitrogens with zero attached hydrogens (tertiary/aromatic N) is 1. The Morgan fingerprint density at radius 2 is 1.71 bits per heavy atom. The van der Waals surface area contributed by atoms with Crippen molar-refractivity contribution >= 4 is 27.3 Å². The van der Waals surface area contributed by atoms with Crippen molar-refractivity contribution in [1.29, 1.82) is 0 Å². The molecule has 1 aliphatic heterocycles. The lowest BCUT2D eigenvalue weighted by Crippen LogP contribution is -2.18. The minimum Gasteiger partial charge on any atom is -0.486 e. The number of pyridine rings is 1. The lowest BCUT2D eigenvalue weighted by atomic mass is 10.1. The summed E-state index contributed by atoms with van der Waals surface area (Å²) < 4.78 is 38.9. The summed E-state index contributed by atoms with van der Waals surface area (Å²) in [5.41, 5.74) is 2.20. The van der Waals surface area contributed by atoms with E-state index in [4.69, 9.17) is 9.47 Å². The number of ether oxygens (including phenoxy) is 2. The van der Waals surface area contributed by atoms with Gasteiger partial charge in [0.25, 0.3) is 15.9 Å². The Morgan fingerprint density at radius 1 is 0.968 bits per heavy atom. The van der Waals surface area contributed by atoms with Crippen molar-refractivity contribution in [3.05, 3.63) is 72.1 Å². The van der Waals surface area contributed by atoms with Crippen molar-refractivity contribution in [3.8, 4) is 11.5 Å². The Bertz CT molecular complexity index is 1210. The molecule has 0 unspecified atom stereocenters. The molecular formula is C22H21N3O5S. The average Bonchev–Trinajstić information content (AvgIpc) is 2.79. The number of aromatic nitrogens is 1. The maximum absolute atomic E-state index is 12.8. The van der Waals surface area contributed by atoms with Crippen LogP contribution in [0, 0.1) is 0 Å². The van der Waals surface area contributed by atoms with Crippen LogP contribution >= 0.6 is 0 Å². The number of aryl methyl sites for hydroxylation is 1. The van der Waals surface area contributed by atoms with Gasteiger partial charge in [-0.25, -0.2) is 8.42 Å². The van der Waals surface area contributed by atoms with Crippen molar-refractivity contribution < 1.29 is 22.7 Å². The van der Waals surface area contributed by atoms with Gasteiger partial charge in [0.05, 0.1) is 22.3 Å². The molecule has 160 valence electrons. The third-order valence-corrected chi connectivity index (χ3v) is 6.08. The molecule has 2 N–H and O–H groups in total. The summed E-state index contributed by atoms with van der Waals surface area (Å²) in [5.74, 6) is 0.476. The van der Waals surface area contributed by atoms with E-state index in [1.165, 1.54) is 30.6 Å². The Hall–Kier alpha value is -3.59. The van der Waals surface area contributed by atoms with Gasteiger partial charge in [0.15, 0.2) is 11.5 Å². The van der Waals surface area contributed by atoms with Crippen LogP contribution in [0.2, 0.25) is 0 Å². The summed E-state index contributed by atoms with van der Waals surface area (Å²) in [6.45, 7) is 2.82. The zero-order valence-electron chi connectivity index (χ0n) is 16.8. The first-order valence-corrected chi connectivity index (χ1v) is 11.2. The highest BCUT2D eigenvalue weighted by Gasteiger charge is 2.20. The zero-order chi connectivity index (χ0) is 21.8. The van der Waals surface area contributed by atoms with Crippen LogP contribution in [0.4, 0.5) is 11.4 Å². The highest BCUT2D eigenvalue weighted by Crippen LogP contribution is 2.32. The van der Waals surface area contributed by atoms with Gasteiger partial charge < -0.3 is 14.8 Å². The quantitative estimate of drug-likeness (QED) is 0.609. The number of benzene rings is 2. The molecule has 31 heavy (non-hydrogen) atoms. The van der Waals surface area contributed by atoms with E-state index in [1.54, 1.807) is 6.07 Å². The van der Waals surface area contributed by atoms with Crippen molar-refractivity contribution in [2.45, 2.75) is 18.2 Å². The fourth-order valence-electron chi connectivity index (χ4n) is 3.05. The third-order valence-electron chi connectivity index (χ3n) is 4.70. The molecule has 0 fully saturated rings. The summed E-state index contributed by atoms with van der Waals surface area (Å²) in [4.78, 5) is 16.6. The lowest BCUT2D eigenvalue weighted by Gasteiger charge is -2.19. The van der Waals surface area contributed by atoms with Gasteiger partial charge in [0, 0.05) is 18.0 Å². The molecule has 0 spiro atoms. The number of amides is 1. The van der Waals surface area contributed by atoms with Gasteiger partial charge in [-0.15, -0.1) is 0 Å². The van der Waals surface area contributed by atoms with E-state index in [2.05, 4.69) is 21.9 Å². The SMILES string of the molecule is CCc1ccc(NC(=O)c2cncc(NS(=O)(=O)c3ccc4c(c3)OCCO4)c2)cc1. The number of carbonyl (C=O) groups excluding carboxylic acids is 1. The Morgan fingerprint density at radius 3 is 2.45 bits per heavy atom. The van der Waals surface area contributed by atoms with Gasteiger partial charge in [-0.05, 0) is 42.3 Å². The predicted molar refractivity (Wildman–Crippen MR) is 116 cm³/mol. The van der Waals surface area contributed by atoms with E-state index in [1.807, 2.05) is 24.3 Å². The van der Waals surface area contributed by atoms with Crippen molar-refractivity contribution in [2.24, 2.45) is 0 Å². The molecule has 1 aromatic heterocycles. The first-order valence-electron chi connectivity index (χ1n) is 9.72. The van der Waals surface area contributed by atoms with Crippen LogP contribution in [0.3, 0.4) is 0 Å². The van der Waals surface area contributed by atoms with E-state index >= 15 is 0 Å². The fraction of sp³-hybridized carbons (Fsp3) is 0.182. The second-order valence-corrected chi connectivity index (χ2v) is 8.56. The Labute approximate surface area is 180 Å². The standard InChI is InChI=1S/C22H21N3O5S/c1-2-15-3-5-17(6-4-15)24-22(26)16-11-18(14-23-13-16)25-31(27,28)19-7-8-20-21(12-19)30-10-9-29-20/h3-8,11-14,25H,2,9-10H2,1H3,(H,24,26). The van der Waals surface area contributed by atoms with Crippen LogP contribution in [0.5, 0.6) is 11.5 Å². The molecule has 0 atom stereocenters. The van der Waals surface area contributed by atoms with Gasteiger partial charge in [-0.2, -0.15) is 0 Å². The molecule has 2 aromatic carbocycles. The molecule has 0 aliphatic carbocycles. The number of nitrogens with one attached hydrogen (secondary N) is 2. The molecule has 0 saturated carbocycles. The van der Waals surface area contributed by atoms with Gasteiger partial charge in [0.2, 0.25) is 0 Å². The number of carbonyl (C=O) groups is 1. The summed E-state index contributed by atoms with van der Waals surface area (Å²) in [6.07, 6.45) is 3.61. The molecule has 2 heterocycles. The molecule has 3 aromatic rings. The Balaban J connectivity index is 1.50. The molecule has 0 bridgehead atoms. The largest absolute Gasteiger partial charge is 0.486 e. The van der Waals surface area contributed by atoms with Crippen LogP contribution in [0.1, 0.15) is 22.8 Å². The second-order valence-electron chi connectivity index (χ2n) is 6.88. The number of sulfonamides is 1. The number of hydrogen-bond donors (Lipinski definition) is 2. The fourth-order valence-corrected chi connectivity index (χ4v) is 4.10. The first kappa shape index (κ1) is 20.7. The van der Waals surface area contributed by atoms with Crippen molar-refractivity contribution in [2.75, 3.05) is 23.3 Å². The van der Waals surface area contributed by atoms with Gasteiger partial charge in [0.1, 0.15) is 13.2 Å². The Kier molecular flexibility index (Phi) is 5.77. The number of rotatable bonds is 6. The van der Waals surface area contributed by atoms with Gasteiger partial charge >= 0.3 is 0 Å². The predicted octanol–water partition coefficient (Wildman–Crippen LogP) is 3.47. The first-order chi connectivity index (χ1) is 14.9. The number of hydrogen-bond acceptors (Lipinski definition) is 6. The van der Waals surface area contributed by atoms with E-state index < -0.39 is 15.9 Å². The topological polar surface area (TPSA) is 107 Å². The maximum atomic E-state index is 12.8.